The zero-order valence-electron chi connectivity index (χ0n) is 8.34. The molecular formula is C11H18N2. The van der Waals surface area contributed by atoms with Gasteiger partial charge in [-0.05, 0) is 32.2 Å². The Morgan fingerprint density at radius 2 is 2.38 bits per heavy atom. The first-order valence-electron chi connectivity index (χ1n) is 5.25. The van der Waals surface area contributed by atoms with Gasteiger partial charge in [0.2, 0.25) is 0 Å². The van der Waals surface area contributed by atoms with E-state index >= 15 is 0 Å². The third kappa shape index (κ3) is 2.04. The average molecular weight is 178 g/mol. The molecule has 2 nitrogen and oxygen atoms in total. The van der Waals surface area contributed by atoms with Crippen LogP contribution in [0.1, 0.15) is 19.8 Å². The van der Waals surface area contributed by atoms with Crippen molar-refractivity contribution in [1.82, 2.24) is 10.2 Å². The van der Waals surface area contributed by atoms with Crippen molar-refractivity contribution < 1.29 is 0 Å². The Balaban J connectivity index is 1.86. The van der Waals surface area contributed by atoms with Gasteiger partial charge in [0.1, 0.15) is 0 Å². The summed E-state index contributed by atoms with van der Waals surface area (Å²) in [5.41, 5.74) is 0. The van der Waals surface area contributed by atoms with Gasteiger partial charge in [-0.25, -0.2) is 0 Å². The summed E-state index contributed by atoms with van der Waals surface area (Å²) in [5.74, 6) is 7.01. The lowest BCUT2D eigenvalue weighted by atomic mass is 9.94. The van der Waals surface area contributed by atoms with Crippen molar-refractivity contribution in [3.63, 3.8) is 0 Å². The second-order valence-electron chi connectivity index (χ2n) is 4.08. The lowest BCUT2D eigenvalue weighted by molar-refractivity contribution is 0.336. The Hall–Kier alpha value is -0.520. The lowest BCUT2D eigenvalue weighted by Crippen LogP contribution is -2.40. The third-order valence-corrected chi connectivity index (χ3v) is 3.15. The molecule has 0 radical (unpaired) electrons. The summed E-state index contributed by atoms with van der Waals surface area (Å²) in [6.45, 7) is 6.56. The van der Waals surface area contributed by atoms with Crippen LogP contribution in [0, 0.1) is 17.8 Å². The molecule has 72 valence electrons. The van der Waals surface area contributed by atoms with Gasteiger partial charge in [-0.1, -0.05) is 5.92 Å². The normalized spacial score (nSPS) is 33.6. The first-order chi connectivity index (χ1) is 6.40. The van der Waals surface area contributed by atoms with Crippen molar-refractivity contribution in [1.29, 1.82) is 0 Å². The van der Waals surface area contributed by atoms with E-state index in [-0.39, 0.29) is 0 Å². The van der Waals surface area contributed by atoms with Gasteiger partial charge >= 0.3 is 0 Å². The summed E-state index contributed by atoms with van der Waals surface area (Å²) >= 11 is 0. The zero-order chi connectivity index (χ0) is 9.10. The van der Waals surface area contributed by atoms with Gasteiger partial charge in [0.05, 0.1) is 6.54 Å². The van der Waals surface area contributed by atoms with Crippen molar-refractivity contribution in [2.45, 2.75) is 25.8 Å². The molecule has 0 aromatic heterocycles. The summed E-state index contributed by atoms with van der Waals surface area (Å²) in [6, 6.07) is 0.757. The Bertz CT molecular complexity index is 212. The number of nitrogens with one attached hydrogen (secondary N) is 1. The second kappa shape index (κ2) is 4.13. The number of likely N-dealkylation sites (tertiary alicyclic amines) is 1. The van der Waals surface area contributed by atoms with E-state index in [9.17, 15) is 0 Å². The smallest absolute Gasteiger partial charge is 0.0602 e. The van der Waals surface area contributed by atoms with E-state index in [0.29, 0.717) is 0 Å². The molecule has 2 atom stereocenters. The Morgan fingerprint density at radius 3 is 3.15 bits per heavy atom. The zero-order valence-corrected chi connectivity index (χ0v) is 8.34. The maximum atomic E-state index is 3.60. The highest BCUT2D eigenvalue weighted by atomic mass is 15.2. The largest absolute Gasteiger partial charge is 0.312 e. The van der Waals surface area contributed by atoms with Crippen LogP contribution in [0.2, 0.25) is 0 Å². The van der Waals surface area contributed by atoms with Crippen LogP contribution < -0.4 is 5.32 Å². The highest BCUT2D eigenvalue weighted by Gasteiger charge is 2.33. The summed E-state index contributed by atoms with van der Waals surface area (Å²) in [4.78, 5) is 2.48. The molecule has 0 amide bonds. The van der Waals surface area contributed by atoms with Crippen LogP contribution in [0.25, 0.3) is 0 Å². The van der Waals surface area contributed by atoms with Crippen LogP contribution in [0.5, 0.6) is 0 Å². The Morgan fingerprint density at radius 1 is 1.46 bits per heavy atom. The minimum Gasteiger partial charge on any atom is -0.312 e. The van der Waals surface area contributed by atoms with E-state index < -0.39 is 0 Å². The summed E-state index contributed by atoms with van der Waals surface area (Å²) in [6.07, 6.45) is 2.77. The molecule has 2 fully saturated rings. The molecule has 2 heteroatoms. The van der Waals surface area contributed by atoms with Crippen LogP contribution in [-0.4, -0.2) is 37.1 Å². The molecule has 2 saturated heterocycles. The molecule has 13 heavy (non-hydrogen) atoms. The molecule has 2 aliphatic heterocycles. The molecule has 0 aromatic rings. The van der Waals surface area contributed by atoms with Crippen molar-refractivity contribution in [3.05, 3.63) is 0 Å². The molecule has 2 heterocycles. The quantitative estimate of drug-likeness (QED) is 0.594. The molecule has 0 spiro atoms. The fraction of sp³-hybridized carbons (Fsp3) is 0.818. The number of rotatable bonds is 1. The molecule has 0 unspecified atom stereocenters. The van der Waals surface area contributed by atoms with Gasteiger partial charge in [0.15, 0.2) is 0 Å². The van der Waals surface area contributed by atoms with Gasteiger partial charge in [0.25, 0.3) is 0 Å². The van der Waals surface area contributed by atoms with E-state index in [4.69, 9.17) is 0 Å². The van der Waals surface area contributed by atoms with Crippen LogP contribution in [0.15, 0.2) is 0 Å². The third-order valence-electron chi connectivity index (χ3n) is 3.15. The number of piperidine rings is 1. The summed E-state index contributed by atoms with van der Waals surface area (Å²) in [5, 5.41) is 3.60. The molecule has 0 saturated carbocycles. The number of hydrogen-bond donors (Lipinski definition) is 1. The standard InChI is InChI=1S/C11H18N2/c1-2-3-7-13-8-10-5-4-6-12-11(10)9-13/h10-12H,4-9H2,1H3/t10-,11+/m0/s1. The lowest BCUT2D eigenvalue weighted by Gasteiger charge is -2.24. The van der Waals surface area contributed by atoms with Gasteiger partial charge < -0.3 is 5.32 Å². The van der Waals surface area contributed by atoms with Gasteiger partial charge in [-0.2, -0.15) is 0 Å². The van der Waals surface area contributed by atoms with Crippen LogP contribution in [0.3, 0.4) is 0 Å². The average Bonchev–Trinajstić information content (AvgIpc) is 2.57. The SMILES string of the molecule is CC#CCN1C[C@@H]2CCCN[C@@H]2C1. The maximum Gasteiger partial charge on any atom is 0.0602 e. The van der Waals surface area contributed by atoms with Crippen molar-refractivity contribution in [2.24, 2.45) is 5.92 Å². The molecule has 2 aliphatic rings. The van der Waals surface area contributed by atoms with Gasteiger partial charge in [-0.15, -0.1) is 5.92 Å². The minimum atomic E-state index is 0.757. The molecule has 2 rings (SSSR count). The maximum absolute atomic E-state index is 3.60. The predicted octanol–water partition coefficient (Wildman–Crippen LogP) is 0.693. The highest BCUT2D eigenvalue weighted by Crippen LogP contribution is 2.24. The van der Waals surface area contributed by atoms with E-state index in [1.165, 1.54) is 32.5 Å². The predicted molar refractivity (Wildman–Crippen MR) is 54.4 cm³/mol. The molecule has 0 bridgehead atoms. The Kier molecular flexibility index (Phi) is 2.87. The van der Waals surface area contributed by atoms with E-state index in [1.54, 1.807) is 0 Å². The van der Waals surface area contributed by atoms with Crippen LogP contribution in [0.4, 0.5) is 0 Å². The van der Waals surface area contributed by atoms with E-state index in [1.807, 2.05) is 6.92 Å². The first kappa shape index (κ1) is 9.05. The van der Waals surface area contributed by atoms with Crippen LogP contribution in [-0.2, 0) is 0 Å². The Labute approximate surface area is 80.7 Å². The fourth-order valence-corrected chi connectivity index (χ4v) is 2.46. The van der Waals surface area contributed by atoms with E-state index in [0.717, 1.165) is 18.5 Å². The minimum absolute atomic E-state index is 0.757. The van der Waals surface area contributed by atoms with Crippen molar-refractivity contribution >= 4 is 0 Å². The number of fused-ring (bicyclic) bond motifs is 1. The van der Waals surface area contributed by atoms with E-state index in [2.05, 4.69) is 22.1 Å². The number of hydrogen-bond acceptors (Lipinski definition) is 2. The molecular weight excluding hydrogens is 160 g/mol. The van der Waals surface area contributed by atoms with Crippen LogP contribution >= 0.6 is 0 Å². The second-order valence-corrected chi connectivity index (χ2v) is 4.08. The topological polar surface area (TPSA) is 15.3 Å². The molecule has 0 aromatic carbocycles. The fourth-order valence-electron chi connectivity index (χ4n) is 2.46. The monoisotopic (exact) mass is 178 g/mol. The molecule has 1 N–H and O–H groups in total. The van der Waals surface area contributed by atoms with Crippen molar-refractivity contribution in [2.75, 3.05) is 26.2 Å². The van der Waals surface area contributed by atoms with Gasteiger partial charge in [0, 0.05) is 19.1 Å². The number of nitrogens with zero attached hydrogens (tertiary/aromatic N) is 1. The molecule has 0 aliphatic carbocycles. The van der Waals surface area contributed by atoms with Crippen molar-refractivity contribution in [3.8, 4) is 11.8 Å². The highest BCUT2D eigenvalue weighted by molar-refractivity contribution is 5.01. The first-order valence-corrected chi connectivity index (χ1v) is 5.25. The van der Waals surface area contributed by atoms with Gasteiger partial charge in [-0.3, -0.25) is 4.90 Å². The summed E-state index contributed by atoms with van der Waals surface area (Å²) in [7, 11) is 0. The summed E-state index contributed by atoms with van der Waals surface area (Å²) < 4.78 is 0.